The summed E-state index contributed by atoms with van der Waals surface area (Å²) in [6.07, 6.45) is 0.753. The average Bonchev–Trinajstić information content (AvgIpc) is 2.67. The second-order valence-electron chi connectivity index (χ2n) is 5.33. The van der Waals surface area contributed by atoms with E-state index in [1.54, 1.807) is 38.2 Å². The second-order valence-corrected chi connectivity index (χ2v) is 5.33. The molecule has 1 amide bonds. The van der Waals surface area contributed by atoms with E-state index in [-0.39, 0.29) is 5.91 Å². The molecular formula is C19H20N2O4. The van der Waals surface area contributed by atoms with Crippen LogP contribution in [0.5, 0.6) is 0 Å². The number of para-hydroxylation sites is 1. The van der Waals surface area contributed by atoms with Gasteiger partial charge in [0.1, 0.15) is 0 Å². The maximum absolute atomic E-state index is 12.3. The number of carbonyl (C=O) groups excluding carboxylic acids is 2. The Bertz CT molecular complexity index is 742. The first kappa shape index (κ1) is 18.2. The van der Waals surface area contributed by atoms with Crippen LogP contribution in [0.15, 0.2) is 59.8 Å². The highest BCUT2D eigenvalue weighted by Gasteiger charge is 2.19. The molecule has 0 aliphatic rings. The number of carbonyl (C=O) groups is 2. The summed E-state index contributed by atoms with van der Waals surface area (Å²) in [5.74, 6) is -0.604. The molecule has 2 rings (SSSR count). The molecule has 1 unspecified atom stereocenters. The van der Waals surface area contributed by atoms with Crippen molar-refractivity contribution in [2.75, 3.05) is 19.1 Å². The summed E-state index contributed by atoms with van der Waals surface area (Å²) in [4.78, 5) is 30.4. The second kappa shape index (κ2) is 8.63. The minimum Gasteiger partial charge on any atom is -0.465 e. The molecule has 6 nitrogen and oxygen atoms in total. The van der Waals surface area contributed by atoms with Crippen LogP contribution in [0.25, 0.3) is 0 Å². The van der Waals surface area contributed by atoms with E-state index < -0.39 is 12.1 Å². The Kier molecular flexibility index (Phi) is 6.28. The summed E-state index contributed by atoms with van der Waals surface area (Å²) in [5.41, 5.74) is 1.97. The van der Waals surface area contributed by atoms with E-state index in [2.05, 4.69) is 9.89 Å². The van der Waals surface area contributed by atoms with Crippen LogP contribution in [0.1, 0.15) is 22.8 Å². The number of nitrogens with zero attached hydrogens (tertiary/aromatic N) is 2. The number of anilines is 1. The van der Waals surface area contributed by atoms with Crippen molar-refractivity contribution < 1.29 is 19.2 Å². The van der Waals surface area contributed by atoms with E-state index in [4.69, 9.17) is 4.84 Å². The molecule has 2 aromatic carbocycles. The van der Waals surface area contributed by atoms with Gasteiger partial charge in [0.15, 0.2) is 0 Å². The normalized spacial score (nSPS) is 11.8. The topological polar surface area (TPSA) is 68.2 Å². The maximum Gasteiger partial charge on any atom is 0.337 e. The molecule has 2 aromatic rings. The van der Waals surface area contributed by atoms with Crippen LogP contribution in [0.3, 0.4) is 0 Å². The molecule has 0 aliphatic heterocycles. The van der Waals surface area contributed by atoms with Gasteiger partial charge >= 0.3 is 5.97 Å². The van der Waals surface area contributed by atoms with Gasteiger partial charge in [0.25, 0.3) is 5.91 Å². The number of rotatable bonds is 6. The van der Waals surface area contributed by atoms with Crippen molar-refractivity contribution in [3.8, 4) is 0 Å². The first-order valence-corrected chi connectivity index (χ1v) is 7.73. The fraction of sp³-hybridized carbons (Fsp3) is 0.211. The number of oxime groups is 1. The molecule has 6 heteroatoms. The molecule has 0 fully saturated rings. The number of hydrogen-bond acceptors (Lipinski definition) is 5. The van der Waals surface area contributed by atoms with Crippen LogP contribution in [0.4, 0.5) is 5.69 Å². The van der Waals surface area contributed by atoms with Gasteiger partial charge in [-0.25, -0.2) is 4.79 Å². The SMILES string of the molecule is COC(=O)c1ccc(/C=N/OC(C)C(=O)N(C)c2ccccc2)cc1. The molecule has 25 heavy (non-hydrogen) atoms. The standard InChI is InChI=1S/C19H20N2O4/c1-14(18(22)21(2)17-7-5-4-6-8-17)25-20-13-15-9-11-16(12-10-15)19(23)24-3/h4-14H,1-3H3/b20-13+. The fourth-order valence-electron chi connectivity index (χ4n) is 2.10. The maximum atomic E-state index is 12.3. The summed E-state index contributed by atoms with van der Waals surface area (Å²) in [6.45, 7) is 1.64. The minimum absolute atomic E-state index is 0.204. The van der Waals surface area contributed by atoms with Gasteiger partial charge < -0.3 is 14.5 Å². The summed E-state index contributed by atoms with van der Waals surface area (Å²) in [6, 6.07) is 16.0. The van der Waals surface area contributed by atoms with Crippen molar-refractivity contribution in [1.82, 2.24) is 0 Å². The number of ether oxygens (including phenoxy) is 1. The number of benzene rings is 2. The van der Waals surface area contributed by atoms with E-state index in [0.717, 1.165) is 11.3 Å². The van der Waals surface area contributed by atoms with Gasteiger partial charge in [0.2, 0.25) is 6.10 Å². The Morgan fingerprint density at radius 1 is 1.08 bits per heavy atom. The lowest BCUT2D eigenvalue weighted by molar-refractivity contribution is -0.128. The molecule has 0 aromatic heterocycles. The molecule has 0 heterocycles. The van der Waals surface area contributed by atoms with Crippen molar-refractivity contribution in [2.24, 2.45) is 5.16 Å². The van der Waals surface area contributed by atoms with Crippen molar-refractivity contribution in [3.05, 3.63) is 65.7 Å². The summed E-state index contributed by atoms with van der Waals surface area (Å²) >= 11 is 0. The Morgan fingerprint density at radius 3 is 2.32 bits per heavy atom. The number of esters is 1. The zero-order valence-electron chi connectivity index (χ0n) is 14.4. The van der Waals surface area contributed by atoms with Crippen LogP contribution >= 0.6 is 0 Å². The number of methoxy groups -OCH3 is 1. The van der Waals surface area contributed by atoms with Crippen LogP contribution in [-0.2, 0) is 14.4 Å². The highest BCUT2D eigenvalue weighted by Crippen LogP contribution is 2.13. The first-order valence-electron chi connectivity index (χ1n) is 7.73. The van der Waals surface area contributed by atoms with Gasteiger partial charge in [-0.2, -0.15) is 0 Å². The third-order valence-electron chi connectivity index (χ3n) is 3.57. The van der Waals surface area contributed by atoms with Crippen LogP contribution in [0, 0.1) is 0 Å². The van der Waals surface area contributed by atoms with E-state index in [0.29, 0.717) is 5.56 Å². The molecule has 0 spiro atoms. The lowest BCUT2D eigenvalue weighted by Gasteiger charge is -2.20. The number of amides is 1. The quantitative estimate of drug-likeness (QED) is 0.461. The van der Waals surface area contributed by atoms with Crippen molar-refractivity contribution in [2.45, 2.75) is 13.0 Å². The van der Waals surface area contributed by atoms with E-state index in [1.165, 1.54) is 18.2 Å². The first-order chi connectivity index (χ1) is 12.0. The van der Waals surface area contributed by atoms with Crippen LogP contribution in [0.2, 0.25) is 0 Å². The Hall–Kier alpha value is -3.15. The minimum atomic E-state index is -0.726. The predicted octanol–water partition coefficient (Wildman–Crippen LogP) is 2.88. The van der Waals surface area contributed by atoms with Crippen molar-refractivity contribution in [1.29, 1.82) is 0 Å². The van der Waals surface area contributed by atoms with Gasteiger partial charge in [0, 0.05) is 12.7 Å². The number of hydrogen-bond donors (Lipinski definition) is 0. The lowest BCUT2D eigenvalue weighted by atomic mass is 10.1. The molecule has 0 bridgehead atoms. The van der Waals surface area contributed by atoms with Gasteiger partial charge in [-0.1, -0.05) is 35.5 Å². The molecule has 0 saturated carbocycles. The fourth-order valence-corrected chi connectivity index (χ4v) is 2.10. The Balaban J connectivity index is 1.92. The predicted molar refractivity (Wildman–Crippen MR) is 95.8 cm³/mol. The largest absolute Gasteiger partial charge is 0.465 e. The Labute approximate surface area is 146 Å². The zero-order valence-corrected chi connectivity index (χ0v) is 14.4. The van der Waals surface area contributed by atoms with Gasteiger partial charge in [0.05, 0.1) is 18.9 Å². The number of likely N-dealkylation sites (N-methyl/N-ethyl adjacent to an activating group) is 1. The summed E-state index contributed by atoms with van der Waals surface area (Å²) in [5, 5.41) is 3.84. The third-order valence-corrected chi connectivity index (χ3v) is 3.57. The molecule has 0 N–H and O–H groups in total. The van der Waals surface area contributed by atoms with Crippen LogP contribution in [-0.4, -0.2) is 38.4 Å². The molecule has 0 saturated heterocycles. The van der Waals surface area contributed by atoms with Gasteiger partial charge in [-0.15, -0.1) is 0 Å². The van der Waals surface area contributed by atoms with E-state index >= 15 is 0 Å². The highest BCUT2D eigenvalue weighted by molar-refractivity contribution is 5.95. The lowest BCUT2D eigenvalue weighted by Crippen LogP contribution is -2.35. The molecule has 0 aliphatic carbocycles. The molecular weight excluding hydrogens is 320 g/mol. The monoisotopic (exact) mass is 340 g/mol. The average molecular weight is 340 g/mol. The van der Waals surface area contributed by atoms with Crippen molar-refractivity contribution in [3.63, 3.8) is 0 Å². The van der Waals surface area contributed by atoms with Gasteiger partial charge in [-0.05, 0) is 36.8 Å². The summed E-state index contributed by atoms with van der Waals surface area (Å²) < 4.78 is 4.63. The summed E-state index contributed by atoms with van der Waals surface area (Å²) in [7, 11) is 3.02. The van der Waals surface area contributed by atoms with Gasteiger partial charge in [-0.3, -0.25) is 4.79 Å². The third kappa shape index (κ3) is 4.91. The molecule has 1 atom stereocenters. The molecule has 0 radical (unpaired) electrons. The molecule has 130 valence electrons. The smallest absolute Gasteiger partial charge is 0.337 e. The van der Waals surface area contributed by atoms with Crippen molar-refractivity contribution >= 4 is 23.8 Å². The zero-order chi connectivity index (χ0) is 18.2. The van der Waals surface area contributed by atoms with Crippen LogP contribution < -0.4 is 4.90 Å². The van der Waals surface area contributed by atoms with E-state index in [9.17, 15) is 9.59 Å². The highest BCUT2D eigenvalue weighted by atomic mass is 16.6. The Morgan fingerprint density at radius 2 is 1.72 bits per heavy atom. The van der Waals surface area contributed by atoms with E-state index in [1.807, 2.05) is 30.3 Å².